The van der Waals surface area contributed by atoms with Crippen LogP contribution in [0.2, 0.25) is 0 Å². The van der Waals surface area contributed by atoms with Gasteiger partial charge in [-0.2, -0.15) is 0 Å². The lowest BCUT2D eigenvalue weighted by Gasteiger charge is -2.36. The van der Waals surface area contributed by atoms with Crippen molar-refractivity contribution in [2.45, 2.75) is 44.2 Å². The smallest absolute Gasteiger partial charge is 0.240 e. The van der Waals surface area contributed by atoms with Crippen molar-refractivity contribution >= 4 is 5.91 Å². The molecule has 2 rings (SSSR count). The fourth-order valence-corrected chi connectivity index (χ4v) is 2.22. The van der Waals surface area contributed by atoms with E-state index < -0.39 is 0 Å². The highest BCUT2D eigenvalue weighted by atomic mass is 16.2. The quantitative estimate of drug-likeness (QED) is 0.550. The van der Waals surface area contributed by atoms with Gasteiger partial charge in [0.05, 0.1) is 5.54 Å². The summed E-state index contributed by atoms with van der Waals surface area (Å²) in [5, 5.41) is 6.39. The lowest BCUT2D eigenvalue weighted by atomic mass is 9.93. The van der Waals surface area contributed by atoms with Crippen LogP contribution in [0.4, 0.5) is 0 Å². The number of hydrogen-bond acceptors (Lipinski definition) is 2. The molecule has 2 aliphatic rings. The third kappa shape index (κ3) is 1.12. The second kappa shape index (κ2) is 2.73. The molecule has 1 atom stereocenters. The molecular weight excluding hydrogens is 152 g/mol. The van der Waals surface area contributed by atoms with Crippen molar-refractivity contribution in [3.63, 3.8) is 0 Å². The number of carbonyl (C=O) groups is 1. The molecule has 68 valence electrons. The standard InChI is InChI=1S/C9H16N2O/c1-7-6-10-9(8(12)11-7)4-2-3-5-9/h7,10H,2-6H2,1H3,(H,11,12). The molecule has 0 aromatic carbocycles. The zero-order valence-corrected chi connectivity index (χ0v) is 7.52. The van der Waals surface area contributed by atoms with E-state index >= 15 is 0 Å². The Balaban J connectivity index is 2.11. The molecule has 1 spiro atoms. The third-order valence-corrected chi connectivity index (χ3v) is 3.02. The SMILES string of the molecule is CC1CNC2(CCCC2)C(=O)N1. The van der Waals surface area contributed by atoms with Gasteiger partial charge in [-0.3, -0.25) is 4.79 Å². The highest BCUT2D eigenvalue weighted by molar-refractivity contribution is 5.87. The third-order valence-electron chi connectivity index (χ3n) is 3.02. The molecule has 1 saturated heterocycles. The molecule has 2 N–H and O–H groups in total. The Bertz CT molecular complexity index is 197. The van der Waals surface area contributed by atoms with Crippen LogP contribution in [-0.2, 0) is 4.79 Å². The molecule has 1 saturated carbocycles. The number of piperazine rings is 1. The molecule has 3 nitrogen and oxygen atoms in total. The predicted octanol–water partition coefficient (Wildman–Crippen LogP) is 0.407. The Labute approximate surface area is 72.9 Å². The van der Waals surface area contributed by atoms with Gasteiger partial charge in [-0.05, 0) is 19.8 Å². The van der Waals surface area contributed by atoms with Crippen LogP contribution in [0.5, 0.6) is 0 Å². The first-order chi connectivity index (χ1) is 5.73. The van der Waals surface area contributed by atoms with Crippen LogP contribution in [0.15, 0.2) is 0 Å². The predicted molar refractivity (Wildman–Crippen MR) is 46.8 cm³/mol. The summed E-state index contributed by atoms with van der Waals surface area (Å²) in [6, 6.07) is 0.295. The minimum atomic E-state index is -0.188. The van der Waals surface area contributed by atoms with Crippen molar-refractivity contribution in [2.75, 3.05) is 6.54 Å². The monoisotopic (exact) mass is 168 g/mol. The second-order valence-electron chi connectivity index (χ2n) is 4.04. The molecule has 1 heterocycles. The van der Waals surface area contributed by atoms with Crippen LogP contribution in [0, 0.1) is 0 Å². The van der Waals surface area contributed by atoms with Crippen LogP contribution in [-0.4, -0.2) is 24.0 Å². The molecule has 2 fully saturated rings. The van der Waals surface area contributed by atoms with Gasteiger partial charge in [0.2, 0.25) is 5.91 Å². The van der Waals surface area contributed by atoms with Crippen molar-refractivity contribution < 1.29 is 4.79 Å². The molecule has 0 radical (unpaired) electrons. The van der Waals surface area contributed by atoms with E-state index in [0.29, 0.717) is 6.04 Å². The zero-order chi connectivity index (χ0) is 8.60. The largest absolute Gasteiger partial charge is 0.351 e. The van der Waals surface area contributed by atoms with E-state index in [0.717, 1.165) is 19.4 Å². The van der Waals surface area contributed by atoms with Gasteiger partial charge in [0.1, 0.15) is 0 Å². The van der Waals surface area contributed by atoms with Crippen LogP contribution in [0.25, 0.3) is 0 Å². The number of carbonyl (C=O) groups excluding carboxylic acids is 1. The average Bonchev–Trinajstić information content (AvgIpc) is 2.48. The summed E-state index contributed by atoms with van der Waals surface area (Å²) in [7, 11) is 0. The van der Waals surface area contributed by atoms with Crippen molar-refractivity contribution in [3.8, 4) is 0 Å². The summed E-state index contributed by atoms with van der Waals surface area (Å²) >= 11 is 0. The highest BCUT2D eigenvalue weighted by Crippen LogP contribution is 2.31. The van der Waals surface area contributed by atoms with Crippen molar-refractivity contribution in [1.29, 1.82) is 0 Å². The van der Waals surface area contributed by atoms with E-state index in [2.05, 4.69) is 10.6 Å². The van der Waals surface area contributed by atoms with Gasteiger partial charge < -0.3 is 10.6 Å². The van der Waals surface area contributed by atoms with E-state index in [1.54, 1.807) is 0 Å². The fraction of sp³-hybridized carbons (Fsp3) is 0.889. The van der Waals surface area contributed by atoms with E-state index in [1.165, 1.54) is 12.8 Å². The normalized spacial score (nSPS) is 33.8. The fourth-order valence-electron chi connectivity index (χ4n) is 2.22. The highest BCUT2D eigenvalue weighted by Gasteiger charge is 2.43. The topological polar surface area (TPSA) is 41.1 Å². The number of hydrogen-bond donors (Lipinski definition) is 2. The first kappa shape index (κ1) is 8.05. The molecule has 0 aromatic rings. The Kier molecular flexibility index (Phi) is 1.83. The van der Waals surface area contributed by atoms with Crippen LogP contribution in [0.1, 0.15) is 32.6 Å². The maximum absolute atomic E-state index is 11.7. The Morgan fingerprint density at radius 3 is 2.67 bits per heavy atom. The minimum Gasteiger partial charge on any atom is -0.351 e. The molecule has 12 heavy (non-hydrogen) atoms. The average molecular weight is 168 g/mol. The van der Waals surface area contributed by atoms with Gasteiger partial charge in [-0.25, -0.2) is 0 Å². The molecule has 1 amide bonds. The summed E-state index contributed by atoms with van der Waals surface area (Å²) in [6.45, 7) is 2.96. The summed E-state index contributed by atoms with van der Waals surface area (Å²) in [5.41, 5.74) is -0.188. The van der Waals surface area contributed by atoms with E-state index in [4.69, 9.17) is 0 Å². The van der Waals surface area contributed by atoms with Crippen LogP contribution in [0.3, 0.4) is 0 Å². The summed E-state index contributed by atoms with van der Waals surface area (Å²) < 4.78 is 0. The van der Waals surface area contributed by atoms with E-state index in [-0.39, 0.29) is 11.4 Å². The lowest BCUT2D eigenvalue weighted by molar-refractivity contribution is -0.130. The number of rotatable bonds is 0. The van der Waals surface area contributed by atoms with Gasteiger partial charge in [0, 0.05) is 12.6 Å². The van der Waals surface area contributed by atoms with Crippen molar-refractivity contribution in [3.05, 3.63) is 0 Å². The first-order valence-corrected chi connectivity index (χ1v) is 4.79. The Morgan fingerprint density at radius 1 is 1.42 bits per heavy atom. The molecule has 1 aliphatic heterocycles. The minimum absolute atomic E-state index is 0.188. The zero-order valence-electron chi connectivity index (χ0n) is 7.52. The van der Waals surface area contributed by atoms with Crippen LogP contribution >= 0.6 is 0 Å². The van der Waals surface area contributed by atoms with Crippen LogP contribution < -0.4 is 10.6 Å². The van der Waals surface area contributed by atoms with Crippen molar-refractivity contribution in [2.24, 2.45) is 0 Å². The van der Waals surface area contributed by atoms with E-state index in [1.807, 2.05) is 6.92 Å². The van der Waals surface area contributed by atoms with E-state index in [9.17, 15) is 4.79 Å². The summed E-state index contributed by atoms with van der Waals surface area (Å²) in [4.78, 5) is 11.7. The molecular formula is C9H16N2O. The van der Waals surface area contributed by atoms with Gasteiger partial charge in [-0.15, -0.1) is 0 Å². The van der Waals surface area contributed by atoms with Gasteiger partial charge in [0.15, 0.2) is 0 Å². The van der Waals surface area contributed by atoms with Gasteiger partial charge in [-0.1, -0.05) is 12.8 Å². The summed E-state index contributed by atoms with van der Waals surface area (Å²) in [6.07, 6.45) is 4.42. The molecule has 1 aliphatic carbocycles. The first-order valence-electron chi connectivity index (χ1n) is 4.79. The summed E-state index contributed by atoms with van der Waals surface area (Å²) in [5.74, 6) is 0.221. The van der Waals surface area contributed by atoms with Gasteiger partial charge >= 0.3 is 0 Å². The second-order valence-corrected chi connectivity index (χ2v) is 4.04. The van der Waals surface area contributed by atoms with Crippen molar-refractivity contribution in [1.82, 2.24) is 10.6 Å². The molecule has 0 bridgehead atoms. The number of amides is 1. The van der Waals surface area contributed by atoms with Gasteiger partial charge in [0.25, 0.3) is 0 Å². The number of nitrogens with one attached hydrogen (secondary N) is 2. The lowest BCUT2D eigenvalue weighted by Crippen LogP contribution is -2.64. The Morgan fingerprint density at radius 2 is 2.08 bits per heavy atom. The maximum atomic E-state index is 11.7. The maximum Gasteiger partial charge on any atom is 0.240 e. The molecule has 0 aromatic heterocycles. The Hall–Kier alpha value is -0.570. The molecule has 3 heteroatoms. The molecule has 1 unspecified atom stereocenters.